The van der Waals surface area contributed by atoms with E-state index in [2.05, 4.69) is 20.9 Å². The zero-order valence-corrected chi connectivity index (χ0v) is 12.3. The van der Waals surface area contributed by atoms with Gasteiger partial charge < -0.3 is 10.6 Å². The standard InChI is InChI=1S/C14H13F4N5O/c15-9-5-10(19-8-14(16,17)18)7-11(6-9)21-12(24)13(1-2-13)23-4-3-20-22-23/h3-7,19H,1-2,8H2,(H,21,24). The van der Waals surface area contributed by atoms with Gasteiger partial charge in [-0.15, -0.1) is 5.10 Å². The van der Waals surface area contributed by atoms with E-state index in [-0.39, 0.29) is 11.4 Å². The van der Waals surface area contributed by atoms with Crippen molar-refractivity contribution < 1.29 is 22.4 Å². The Hall–Kier alpha value is -2.65. The largest absolute Gasteiger partial charge is 0.405 e. The van der Waals surface area contributed by atoms with Crippen molar-refractivity contribution in [2.75, 3.05) is 17.2 Å². The van der Waals surface area contributed by atoms with E-state index in [4.69, 9.17) is 0 Å². The number of nitrogens with one attached hydrogen (secondary N) is 2. The fourth-order valence-corrected chi connectivity index (χ4v) is 2.33. The molecule has 1 saturated carbocycles. The van der Waals surface area contributed by atoms with Crippen LogP contribution in [0, 0.1) is 5.82 Å². The Morgan fingerprint density at radius 1 is 1.25 bits per heavy atom. The van der Waals surface area contributed by atoms with Crippen LogP contribution in [0.4, 0.5) is 28.9 Å². The van der Waals surface area contributed by atoms with E-state index < -0.39 is 30.0 Å². The summed E-state index contributed by atoms with van der Waals surface area (Å²) in [5.41, 5.74) is -0.883. The Labute approximate surface area is 133 Å². The molecule has 6 nitrogen and oxygen atoms in total. The van der Waals surface area contributed by atoms with E-state index in [1.54, 1.807) is 6.20 Å². The van der Waals surface area contributed by atoms with Gasteiger partial charge in [-0.1, -0.05) is 5.21 Å². The maximum Gasteiger partial charge on any atom is 0.405 e. The Morgan fingerprint density at radius 3 is 2.54 bits per heavy atom. The smallest absolute Gasteiger partial charge is 0.376 e. The van der Waals surface area contributed by atoms with Crippen LogP contribution in [0.1, 0.15) is 12.8 Å². The number of hydrogen-bond donors (Lipinski definition) is 2. The zero-order valence-electron chi connectivity index (χ0n) is 12.3. The third kappa shape index (κ3) is 3.47. The van der Waals surface area contributed by atoms with Crippen molar-refractivity contribution in [3.05, 3.63) is 36.4 Å². The Balaban J connectivity index is 1.73. The molecule has 0 saturated heterocycles. The van der Waals surface area contributed by atoms with E-state index in [1.165, 1.54) is 16.9 Å². The van der Waals surface area contributed by atoms with Crippen molar-refractivity contribution in [3.8, 4) is 0 Å². The number of carbonyl (C=O) groups excluding carboxylic acids is 1. The average Bonchev–Trinajstić information content (AvgIpc) is 3.11. The molecule has 0 spiro atoms. The van der Waals surface area contributed by atoms with E-state index in [1.807, 2.05) is 0 Å². The molecule has 24 heavy (non-hydrogen) atoms. The summed E-state index contributed by atoms with van der Waals surface area (Å²) in [6, 6.07) is 3.20. The molecule has 2 aromatic rings. The summed E-state index contributed by atoms with van der Waals surface area (Å²) in [5, 5.41) is 12.0. The summed E-state index contributed by atoms with van der Waals surface area (Å²) in [5.74, 6) is -1.18. The summed E-state index contributed by atoms with van der Waals surface area (Å²) >= 11 is 0. The number of amides is 1. The quantitative estimate of drug-likeness (QED) is 0.819. The molecule has 0 atom stereocenters. The monoisotopic (exact) mass is 343 g/mol. The highest BCUT2D eigenvalue weighted by molar-refractivity contribution is 5.98. The lowest BCUT2D eigenvalue weighted by Gasteiger charge is -2.16. The predicted octanol–water partition coefficient (Wildman–Crippen LogP) is 2.52. The molecule has 1 fully saturated rings. The van der Waals surface area contributed by atoms with Crippen molar-refractivity contribution in [3.63, 3.8) is 0 Å². The van der Waals surface area contributed by atoms with E-state index >= 15 is 0 Å². The maximum absolute atomic E-state index is 13.6. The van der Waals surface area contributed by atoms with Gasteiger partial charge in [0.1, 0.15) is 17.9 Å². The minimum absolute atomic E-state index is 0.0658. The van der Waals surface area contributed by atoms with E-state index in [9.17, 15) is 22.4 Å². The lowest BCUT2D eigenvalue weighted by atomic mass is 10.2. The highest BCUT2D eigenvalue weighted by atomic mass is 19.4. The topological polar surface area (TPSA) is 71.8 Å². The third-order valence-electron chi connectivity index (χ3n) is 3.66. The first kappa shape index (κ1) is 16.2. The first-order valence-corrected chi connectivity index (χ1v) is 7.08. The van der Waals surface area contributed by atoms with Crippen LogP contribution >= 0.6 is 0 Å². The van der Waals surface area contributed by atoms with Crippen LogP contribution < -0.4 is 10.6 Å². The molecule has 1 aromatic heterocycles. The first-order chi connectivity index (χ1) is 11.3. The van der Waals surface area contributed by atoms with Gasteiger partial charge in [0.25, 0.3) is 5.91 Å². The lowest BCUT2D eigenvalue weighted by Crippen LogP contribution is -2.34. The van der Waals surface area contributed by atoms with Crippen molar-refractivity contribution >= 4 is 17.3 Å². The number of benzene rings is 1. The second-order valence-electron chi connectivity index (χ2n) is 5.53. The predicted molar refractivity (Wildman–Crippen MR) is 76.8 cm³/mol. The molecule has 1 heterocycles. The Kier molecular flexibility index (Phi) is 3.90. The van der Waals surface area contributed by atoms with Gasteiger partial charge in [0, 0.05) is 17.6 Å². The zero-order chi connectivity index (χ0) is 17.4. The molecule has 0 aliphatic heterocycles. The van der Waals surface area contributed by atoms with Gasteiger partial charge >= 0.3 is 6.18 Å². The minimum Gasteiger partial charge on any atom is -0.376 e. The van der Waals surface area contributed by atoms with Crippen LogP contribution in [0.5, 0.6) is 0 Å². The summed E-state index contributed by atoms with van der Waals surface area (Å²) in [4.78, 5) is 12.4. The molecule has 3 rings (SSSR count). The summed E-state index contributed by atoms with van der Waals surface area (Å²) in [6.07, 6.45) is -0.336. The fraction of sp³-hybridized carbons (Fsp3) is 0.357. The van der Waals surface area contributed by atoms with Crippen LogP contribution in [0.2, 0.25) is 0 Å². The van der Waals surface area contributed by atoms with Gasteiger partial charge in [0.15, 0.2) is 0 Å². The number of rotatable bonds is 5. The van der Waals surface area contributed by atoms with Crippen molar-refractivity contribution in [1.82, 2.24) is 15.0 Å². The van der Waals surface area contributed by atoms with Crippen LogP contribution in [0.3, 0.4) is 0 Å². The van der Waals surface area contributed by atoms with Gasteiger partial charge in [-0.3, -0.25) is 4.79 Å². The SMILES string of the molecule is O=C(Nc1cc(F)cc(NCC(F)(F)F)c1)C1(n2ccnn2)CC1. The number of alkyl halides is 3. The van der Waals surface area contributed by atoms with Crippen molar-refractivity contribution in [1.29, 1.82) is 0 Å². The van der Waals surface area contributed by atoms with Gasteiger partial charge in [0.2, 0.25) is 0 Å². The molecule has 0 bridgehead atoms. The summed E-state index contributed by atoms with van der Waals surface area (Å²) < 4.78 is 51.7. The minimum atomic E-state index is -4.43. The van der Waals surface area contributed by atoms with Crippen molar-refractivity contribution in [2.45, 2.75) is 24.6 Å². The fourth-order valence-electron chi connectivity index (χ4n) is 2.33. The number of carbonyl (C=O) groups is 1. The van der Waals surface area contributed by atoms with Crippen LogP contribution in [-0.2, 0) is 10.3 Å². The van der Waals surface area contributed by atoms with E-state index in [0.29, 0.717) is 12.8 Å². The molecule has 1 aromatic carbocycles. The molecule has 10 heteroatoms. The molecule has 0 radical (unpaired) electrons. The van der Waals surface area contributed by atoms with Gasteiger partial charge in [-0.2, -0.15) is 13.2 Å². The molecule has 128 valence electrons. The van der Waals surface area contributed by atoms with E-state index in [0.717, 1.165) is 12.1 Å². The van der Waals surface area contributed by atoms with Gasteiger partial charge in [0.05, 0.1) is 6.20 Å². The number of anilines is 2. The second kappa shape index (κ2) is 5.77. The maximum atomic E-state index is 13.6. The highest BCUT2D eigenvalue weighted by Crippen LogP contribution is 2.43. The normalized spacial score (nSPS) is 15.8. The first-order valence-electron chi connectivity index (χ1n) is 7.08. The van der Waals surface area contributed by atoms with Gasteiger partial charge in [-0.25, -0.2) is 9.07 Å². The molecular weight excluding hydrogens is 330 g/mol. The third-order valence-corrected chi connectivity index (χ3v) is 3.66. The second-order valence-corrected chi connectivity index (χ2v) is 5.53. The van der Waals surface area contributed by atoms with Crippen LogP contribution in [0.25, 0.3) is 0 Å². The molecule has 1 amide bonds. The number of aromatic nitrogens is 3. The summed E-state index contributed by atoms with van der Waals surface area (Å²) in [6.45, 7) is -1.30. The number of halogens is 4. The number of nitrogens with zero attached hydrogens (tertiary/aromatic N) is 3. The molecular formula is C14H13F4N5O. The summed E-state index contributed by atoms with van der Waals surface area (Å²) in [7, 11) is 0. The molecule has 1 aliphatic rings. The lowest BCUT2D eigenvalue weighted by molar-refractivity contribution is -0.121. The van der Waals surface area contributed by atoms with Crippen molar-refractivity contribution in [2.24, 2.45) is 0 Å². The highest BCUT2D eigenvalue weighted by Gasteiger charge is 2.52. The Morgan fingerprint density at radius 2 is 1.96 bits per heavy atom. The van der Waals surface area contributed by atoms with Crippen LogP contribution in [-0.4, -0.2) is 33.6 Å². The van der Waals surface area contributed by atoms with Gasteiger partial charge in [-0.05, 0) is 31.0 Å². The Bertz CT molecular complexity index is 740. The molecule has 0 unspecified atom stereocenters. The molecule has 2 N–H and O–H groups in total. The number of hydrogen-bond acceptors (Lipinski definition) is 4. The average molecular weight is 343 g/mol. The molecule has 1 aliphatic carbocycles. The van der Waals surface area contributed by atoms with Crippen LogP contribution in [0.15, 0.2) is 30.6 Å².